The minimum absolute atomic E-state index is 0.284. The molecule has 1 heterocycles. The number of aromatic nitrogens is 1. The molecule has 0 unspecified atom stereocenters. The van der Waals surface area contributed by atoms with Crippen molar-refractivity contribution in [2.75, 3.05) is 19.9 Å². The van der Waals surface area contributed by atoms with Crippen LogP contribution in [0.2, 0.25) is 0 Å². The van der Waals surface area contributed by atoms with Gasteiger partial charge in [-0.1, -0.05) is 5.16 Å². The molecule has 0 atom stereocenters. The maximum Gasteiger partial charge on any atom is 0.167 e. The lowest BCUT2D eigenvalue weighted by atomic mass is 10.2. The van der Waals surface area contributed by atoms with Crippen LogP contribution in [0.1, 0.15) is 11.3 Å². The maximum absolute atomic E-state index is 13.2. The molecule has 0 aliphatic heterocycles. The Labute approximate surface area is 110 Å². The Morgan fingerprint density at radius 2 is 2.16 bits per heavy atom. The van der Waals surface area contributed by atoms with Crippen molar-refractivity contribution in [2.45, 2.75) is 13.1 Å². The molecule has 0 fully saturated rings. The number of hydrogen-bond acceptors (Lipinski definition) is 5. The normalized spacial score (nSPS) is 10.9. The van der Waals surface area contributed by atoms with Crippen molar-refractivity contribution in [3.63, 3.8) is 0 Å². The number of anilines is 1. The summed E-state index contributed by atoms with van der Waals surface area (Å²) in [4.78, 5) is 1.96. The van der Waals surface area contributed by atoms with Gasteiger partial charge in [0.2, 0.25) is 0 Å². The van der Waals surface area contributed by atoms with Gasteiger partial charge in [0.05, 0.1) is 13.7 Å². The Morgan fingerprint density at radius 1 is 1.37 bits per heavy atom. The van der Waals surface area contributed by atoms with Gasteiger partial charge in [0.1, 0.15) is 11.6 Å². The van der Waals surface area contributed by atoms with Gasteiger partial charge in [0, 0.05) is 18.2 Å². The van der Waals surface area contributed by atoms with E-state index in [4.69, 9.17) is 15.0 Å². The molecule has 5 nitrogen and oxygen atoms in total. The molecule has 0 saturated carbocycles. The summed E-state index contributed by atoms with van der Waals surface area (Å²) in [6.45, 7) is 1.06. The number of benzene rings is 1. The highest BCUT2D eigenvalue weighted by Crippen LogP contribution is 2.21. The molecule has 2 N–H and O–H groups in total. The monoisotopic (exact) mass is 265 g/mol. The number of nitrogen functional groups attached to an aromatic ring is 1. The zero-order valence-corrected chi connectivity index (χ0v) is 10.9. The van der Waals surface area contributed by atoms with Gasteiger partial charge in [-0.15, -0.1) is 0 Å². The van der Waals surface area contributed by atoms with Crippen LogP contribution in [-0.2, 0) is 13.1 Å². The van der Waals surface area contributed by atoms with Crippen LogP contribution < -0.4 is 10.5 Å². The van der Waals surface area contributed by atoms with E-state index in [9.17, 15) is 4.39 Å². The van der Waals surface area contributed by atoms with Crippen molar-refractivity contribution < 1.29 is 13.7 Å². The number of methoxy groups -OCH3 is 1. The highest BCUT2D eigenvalue weighted by molar-refractivity contribution is 5.34. The van der Waals surface area contributed by atoms with Gasteiger partial charge in [0.15, 0.2) is 11.6 Å². The van der Waals surface area contributed by atoms with Crippen molar-refractivity contribution in [1.82, 2.24) is 10.1 Å². The molecule has 2 rings (SSSR count). The molecule has 0 aliphatic rings. The van der Waals surface area contributed by atoms with E-state index < -0.39 is 0 Å². The summed E-state index contributed by atoms with van der Waals surface area (Å²) in [5.41, 5.74) is 6.25. The molecule has 6 heteroatoms. The zero-order chi connectivity index (χ0) is 13.8. The van der Waals surface area contributed by atoms with E-state index in [1.54, 1.807) is 19.2 Å². The summed E-state index contributed by atoms with van der Waals surface area (Å²) < 4.78 is 23.5. The standard InChI is InChI=1S/C13H16FN3O2/c1-17(8-11-6-13(15)16-19-11)7-9-5-10(14)3-4-12(9)18-2/h3-6H,7-8H2,1-2H3,(H2,15,16). The number of nitrogens with two attached hydrogens (primary N) is 1. The van der Waals surface area contributed by atoms with Crippen molar-refractivity contribution in [3.8, 4) is 5.75 Å². The Balaban J connectivity index is 2.05. The Hall–Kier alpha value is -2.08. The highest BCUT2D eigenvalue weighted by Gasteiger charge is 2.10. The number of ether oxygens (including phenoxy) is 1. The van der Waals surface area contributed by atoms with Crippen molar-refractivity contribution in [3.05, 3.63) is 41.4 Å². The Morgan fingerprint density at radius 3 is 2.79 bits per heavy atom. The minimum Gasteiger partial charge on any atom is -0.496 e. The molecule has 102 valence electrons. The van der Waals surface area contributed by atoms with E-state index in [0.717, 1.165) is 5.56 Å². The number of nitrogens with zero attached hydrogens (tertiary/aromatic N) is 2. The van der Waals surface area contributed by atoms with E-state index in [1.165, 1.54) is 12.1 Å². The fourth-order valence-electron chi connectivity index (χ4n) is 1.89. The van der Waals surface area contributed by atoms with E-state index in [2.05, 4.69) is 5.16 Å². The summed E-state index contributed by atoms with van der Waals surface area (Å²) >= 11 is 0. The van der Waals surface area contributed by atoms with E-state index in [0.29, 0.717) is 30.4 Å². The second-order valence-corrected chi connectivity index (χ2v) is 4.35. The SMILES string of the molecule is COc1ccc(F)cc1CN(C)Cc1cc(N)no1. The lowest BCUT2D eigenvalue weighted by Gasteiger charge is -2.16. The van der Waals surface area contributed by atoms with Gasteiger partial charge in [0.25, 0.3) is 0 Å². The van der Waals surface area contributed by atoms with E-state index in [-0.39, 0.29) is 5.82 Å². The largest absolute Gasteiger partial charge is 0.496 e. The first kappa shape index (κ1) is 13.4. The first-order chi connectivity index (χ1) is 9.08. The quantitative estimate of drug-likeness (QED) is 0.896. The molecule has 0 spiro atoms. The summed E-state index contributed by atoms with van der Waals surface area (Å²) in [5.74, 6) is 1.39. The van der Waals surface area contributed by atoms with Crippen LogP contribution in [0.15, 0.2) is 28.8 Å². The zero-order valence-electron chi connectivity index (χ0n) is 10.9. The molecule has 0 bridgehead atoms. The van der Waals surface area contributed by atoms with E-state index in [1.807, 2.05) is 11.9 Å². The Kier molecular flexibility index (Phi) is 4.01. The third-order valence-electron chi connectivity index (χ3n) is 2.69. The second kappa shape index (κ2) is 5.71. The van der Waals surface area contributed by atoms with Crippen molar-refractivity contribution in [1.29, 1.82) is 0 Å². The third kappa shape index (κ3) is 3.45. The predicted octanol–water partition coefficient (Wildman–Crippen LogP) is 2.04. The smallest absolute Gasteiger partial charge is 0.167 e. The van der Waals surface area contributed by atoms with Crippen molar-refractivity contribution in [2.24, 2.45) is 0 Å². The van der Waals surface area contributed by atoms with Gasteiger partial charge >= 0.3 is 0 Å². The van der Waals surface area contributed by atoms with Crippen molar-refractivity contribution >= 4 is 5.82 Å². The molecular formula is C13H16FN3O2. The molecule has 0 amide bonds. The average Bonchev–Trinajstić information content (AvgIpc) is 2.75. The van der Waals surface area contributed by atoms with Gasteiger partial charge in [-0.25, -0.2) is 4.39 Å². The maximum atomic E-state index is 13.2. The number of hydrogen-bond donors (Lipinski definition) is 1. The third-order valence-corrected chi connectivity index (χ3v) is 2.69. The number of halogens is 1. The fourth-order valence-corrected chi connectivity index (χ4v) is 1.89. The fraction of sp³-hybridized carbons (Fsp3) is 0.308. The van der Waals surface area contributed by atoms with Crippen LogP contribution in [-0.4, -0.2) is 24.2 Å². The molecular weight excluding hydrogens is 249 g/mol. The Bertz CT molecular complexity index is 557. The first-order valence-electron chi connectivity index (χ1n) is 5.80. The summed E-state index contributed by atoms with van der Waals surface area (Å²) in [6.07, 6.45) is 0. The lowest BCUT2D eigenvalue weighted by molar-refractivity contribution is 0.263. The average molecular weight is 265 g/mol. The molecule has 0 aliphatic carbocycles. The van der Waals surface area contributed by atoms with Crippen LogP contribution in [0.3, 0.4) is 0 Å². The molecule has 19 heavy (non-hydrogen) atoms. The first-order valence-corrected chi connectivity index (χ1v) is 5.80. The van der Waals surface area contributed by atoms with Gasteiger partial charge < -0.3 is 15.0 Å². The molecule has 1 aromatic heterocycles. The second-order valence-electron chi connectivity index (χ2n) is 4.35. The van der Waals surface area contributed by atoms with Crippen LogP contribution in [0, 0.1) is 5.82 Å². The lowest BCUT2D eigenvalue weighted by Crippen LogP contribution is -2.17. The van der Waals surface area contributed by atoms with Gasteiger partial charge in [-0.2, -0.15) is 0 Å². The van der Waals surface area contributed by atoms with Gasteiger partial charge in [-0.3, -0.25) is 4.90 Å². The van der Waals surface area contributed by atoms with Crippen LogP contribution in [0.25, 0.3) is 0 Å². The van der Waals surface area contributed by atoms with Crippen LogP contribution in [0.4, 0.5) is 10.2 Å². The molecule has 0 radical (unpaired) electrons. The molecule has 0 saturated heterocycles. The highest BCUT2D eigenvalue weighted by atomic mass is 19.1. The van der Waals surface area contributed by atoms with E-state index >= 15 is 0 Å². The molecule has 1 aromatic carbocycles. The summed E-state index contributed by atoms with van der Waals surface area (Å²) in [5, 5.41) is 3.62. The van der Waals surface area contributed by atoms with Crippen LogP contribution >= 0.6 is 0 Å². The topological polar surface area (TPSA) is 64.5 Å². The number of rotatable bonds is 5. The predicted molar refractivity (Wildman–Crippen MR) is 69.0 cm³/mol. The molecule has 2 aromatic rings. The summed E-state index contributed by atoms with van der Waals surface area (Å²) in [7, 11) is 3.46. The van der Waals surface area contributed by atoms with Gasteiger partial charge in [-0.05, 0) is 25.2 Å². The minimum atomic E-state index is -0.284. The van der Waals surface area contributed by atoms with Crippen LogP contribution in [0.5, 0.6) is 5.75 Å². The summed E-state index contributed by atoms with van der Waals surface area (Å²) in [6, 6.07) is 6.12.